The second kappa shape index (κ2) is 8.75. The van der Waals surface area contributed by atoms with Crippen LogP contribution in [0.2, 0.25) is 0 Å². The van der Waals surface area contributed by atoms with E-state index in [1.54, 1.807) is 6.26 Å². The average molecular weight is 417 g/mol. The van der Waals surface area contributed by atoms with E-state index in [1.807, 2.05) is 43.7 Å². The molecule has 2 N–H and O–H groups in total. The highest BCUT2D eigenvalue weighted by molar-refractivity contribution is 6.04. The molecule has 4 rings (SSSR count). The highest BCUT2D eigenvalue weighted by Gasteiger charge is 2.23. The molecule has 0 atom stereocenters. The minimum atomic E-state index is -0.262. The number of anilines is 1. The quantitative estimate of drug-likeness (QED) is 0.675. The SMILES string of the molecule is Cc1coc(-c2ccc(C)c(NC(=O)c3nnn(C4CCNCC4)c3C)c2)n1.Cl. The van der Waals surface area contributed by atoms with E-state index in [-0.39, 0.29) is 24.4 Å². The number of hydrogen-bond donors (Lipinski definition) is 2. The normalized spacial score (nSPS) is 14.4. The molecule has 0 saturated carbocycles. The lowest BCUT2D eigenvalue weighted by molar-refractivity contribution is 0.102. The molecule has 0 bridgehead atoms. The summed E-state index contributed by atoms with van der Waals surface area (Å²) in [7, 11) is 0. The van der Waals surface area contributed by atoms with Gasteiger partial charge >= 0.3 is 0 Å². The van der Waals surface area contributed by atoms with Gasteiger partial charge in [-0.05, 0) is 64.4 Å². The topological polar surface area (TPSA) is 97.9 Å². The largest absolute Gasteiger partial charge is 0.444 e. The van der Waals surface area contributed by atoms with E-state index in [0.29, 0.717) is 17.3 Å². The molecule has 1 aliphatic heterocycles. The minimum absolute atomic E-state index is 0. The van der Waals surface area contributed by atoms with Crippen LogP contribution in [0.5, 0.6) is 0 Å². The summed E-state index contributed by atoms with van der Waals surface area (Å²) in [5.74, 6) is 0.266. The van der Waals surface area contributed by atoms with Crippen molar-refractivity contribution in [1.29, 1.82) is 0 Å². The number of carbonyl (C=O) groups is 1. The van der Waals surface area contributed by atoms with Gasteiger partial charge in [-0.1, -0.05) is 11.3 Å². The first-order valence-electron chi connectivity index (χ1n) is 9.50. The van der Waals surface area contributed by atoms with Crippen LogP contribution in [-0.4, -0.2) is 39.0 Å². The van der Waals surface area contributed by atoms with E-state index in [1.165, 1.54) is 0 Å². The second-order valence-electron chi connectivity index (χ2n) is 7.23. The van der Waals surface area contributed by atoms with Crippen molar-refractivity contribution in [2.75, 3.05) is 18.4 Å². The summed E-state index contributed by atoms with van der Waals surface area (Å²) in [4.78, 5) is 17.2. The predicted molar refractivity (Wildman–Crippen MR) is 113 cm³/mol. The fraction of sp³-hybridized carbons (Fsp3) is 0.400. The predicted octanol–water partition coefficient (Wildman–Crippen LogP) is 3.46. The van der Waals surface area contributed by atoms with Crippen molar-refractivity contribution in [3.8, 4) is 11.5 Å². The van der Waals surface area contributed by atoms with Crippen LogP contribution < -0.4 is 10.6 Å². The third-order valence-electron chi connectivity index (χ3n) is 5.15. The molecule has 1 aliphatic rings. The summed E-state index contributed by atoms with van der Waals surface area (Å²) < 4.78 is 7.35. The van der Waals surface area contributed by atoms with E-state index in [2.05, 4.69) is 25.9 Å². The van der Waals surface area contributed by atoms with Gasteiger partial charge < -0.3 is 15.1 Å². The molecule has 154 valence electrons. The van der Waals surface area contributed by atoms with E-state index >= 15 is 0 Å². The van der Waals surface area contributed by atoms with Crippen LogP contribution >= 0.6 is 12.4 Å². The third-order valence-corrected chi connectivity index (χ3v) is 5.15. The monoisotopic (exact) mass is 416 g/mol. The Morgan fingerprint density at radius 2 is 2.00 bits per heavy atom. The average Bonchev–Trinajstić information content (AvgIpc) is 3.30. The zero-order chi connectivity index (χ0) is 19.7. The Kier molecular flexibility index (Phi) is 6.34. The number of oxazole rings is 1. The van der Waals surface area contributed by atoms with E-state index in [9.17, 15) is 4.79 Å². The summed E-state index contributed by atoms with van der Waals surface area (Å²) >= 11 is 0. The van der Waals surface area contributed by atoms with Gasteiger partial charge in [0.15, 0.2) is 5.69 Å². The Morgan fingerprint density at radius 1 is 1.24 bits per heavy atom. The number of benzene rings is 1. The first-order valence-corrected chi connectivity index (χ1v) is 9.50. The summed E-state index contributed by atoms with van der Waals surface area (Å²) in [6, 6.07) is 6.01. The fourth-order valence-electron chi connectivity index (χ4n) is 3.51. The molecule has 29 heavy (non-hydrogen) atoms. The lowest BCUT2D eigenvalue weighted by Gasteiger charge is -2.23. The molecule has 3 aromatic rings. The minimum Gasteiger partial charge on any atom is -0.444 e. The molecule has 3 heterocycles. The van der Waals surface area contributed by atoms with Gasteiger partial charge in [-0.25, -0.2) is 9.67 Å². The summed E-state index contributed by atoms with van der Waals surface area (Å²) in [5.41, 5.74) is 4.42. The molecule has 1 amide bonds. The van der Waals surface area contributed by atoms with Crippen molar-refractivity contribution in [2.24, 2.45) is 0 Å². The van der Waals surface area contributed by atoms with Gasteiger partial charge in [0.1, 0.15) is 6.26 Å². The zero-order valence-electron chi connectivity index (χ0n) is 16.7. The van der Waals surface area contributed by atoms with Crippen LogP contribution in [0.3, 0.4) is 0 Å². The molecule has 0 aliphatic carbocycles. The lowest BCUT2D eigenvalue weighted by atomic mass is 10.1. The van der Waals surface area contributed by atoms with Crippen LogP contribution in [0.4, 0.5) is 5.69 Å². The smallest absolute Gasteiger partial charge is 0.278 e. The number of nitrogens with zero attached hydrogens (tertiary/aromatic N) is 4. The highest BCUT2D eigenvalue weighted by atomic mass is 35.5. The number of nitrogens with one attached hydrogen (secondary N) is 2. The summed E-state index contributed by atoms with van der Waals surface area (Å²) in [6.45, 7) is 7.63. The number of amides is 1. The lowest BCUT2D eigenvalue weighted by Crippen LogP contribution is -2.30. The number of aryl methyl sites for hydroxylation is 2. The number of rotatable bonds is 4. The summed E-state index contributed by atoms with van der Waals surface area (Å²) in [6.07, 6.45) is 3.58. The van der Waals surface area contributed by atoms with E-state index < -0.39 is 0 Å². The standard InChI is InChI=1S/C20H24N6O2.ClH/c1-12-4-5-15(20-22-13(2)11-28-20)10-17(12)23-19(27)18-14(3)26(25-24-18)16-6-8-21-9-7-16;/h4-5,10-11,16,21H,6-9H2,1-3H3,(H,23,27);1H. The number of aromatic nitrogens is 4. The van der Waals surface area contributed by atoms with Gasteiger partial charge in [-0.3, -0.25) is 4.79 Å². The molecule has 1 saturated heterocycles. The van der Waals surface area contributed by atoms with Gasteiger partial charge in [0.2, 0.25) is 5.89 Å². The number of halogens is 1. The van der Waals surface area contributed by atoms with Gasteiger partial charge in [-0.2, -0.15) is 0 Å². The van der Waals surface area contributed by atoms with Crippen LogP contribution in [0.1, 0.15) is 46.3 Å². The molecule has 8 nitrogen and oxygen atoms in total. The molecule has 0 radical (unpaired) electrons. The van der Waals surface area contributed by atoms with E-state index in [4.69, 9.17) is 4.42 Å². The number of hydrogen-bond acceptors (Lipinski definition) is 6. The van der Waals surface area contributed by atoms with Crippen molar-refractivity contribution in [3.05, 3.63) is 47.1 Å². The fourth-order valence-corrected chi connectivity index (χ4v) is 3.51. The molecular formula is C20H25ClN6O2. The molecule has 0 unspecified atom stereocenters. The Morgan fingerprint density at radius 3 is 2.69 bits per heavy atom. The zero-order valence-corrected chi connectivity index (χ0v) is 17.5. The first-order chi connectivity index (χ1) is 13.5. The van der Waals surface area contributed by atoms with Crippen molar-refractivity contribution in [3.63, 3.8) is 0 Å². The van der Waals surface area contributed by atoms with Gasteiger partial charge in [0.25, 0.3) is 5.91 Å². The number of piperidine rings is 1. The van der Waals surface area contributed by atoms with Gasteiger partial charge in [0, 0.05) is 11.3 Å². The maximum atomic E-state index is 12.9. The summed E-state index contributed by atoms with van der Waals surface area (Å²) in [5, 5.41) is 14.7. The van der Waals surface area contributed by atoms with Crippen molar-refractivity contribution < 1.29 is 9.21 Å². The van der Waals surface area contributed by atoms with Crippen LogP contribution in [-0.2, 0) is 0 Å². The van der Waals surface area contributed by atoms with Crippen molar-refractivity contribution in [1.82, 2.24) is 25.3 Å². The Labute approximate surface area is 175 Å². The molecule has 9 heteroatoms. The molecule has 0 spiro atoms. The van der Waals surface area contributed by atoms with Gasteiger partial charge in [-0.15, -0.1) is 17.5 Å². The Hall–Kier alpha value is -2.71. The van der Waals surface area contributed by atoms with E-state index in [0.717, 1.165) is 48.4 Å². The molecule has 2 aromatic heterocycles. The molecular weight excluding hydrogens is 392 g/mol. The third kappa shape index (κ3) is 4.33. The van der Waals surface area contributed by atoms with Crippen LogP contribution in [0.25, 0.3) is 11.5 Å². The maximum absolute atomic E-state index is 12.9. The van der Waals surface area contributed by atoms with Crippen LogP contribution in [0, 0.1) is 20.8 Å². The maximum Gasteiger partial charge on any atom is 0.278 e. The van der Waals surface area contributed by atoms with Gasteiger partial charge in [0.05, 0.1) is 17.4 Å². The van der Waals surface area contributed by atoms with Crippen molar-refractivity contribution in [2.45, 2.75) is 39.7 Å². The Balaban J connectivity index is 0.00000240. The second-order valence-corrected chi connectivity index (χ2v) is 7.23. The van der Waals surface area contributed by atoms with Crippen molar-refractivity contribution >= 4 is 24.0 Å². The highest BCUT2D eigenvalue weighted by Crippen LogP contribution is 2.26. The Bertz CT molecular complexity index is 1010. The molecule has 1 aromatic carbocycles. The van der Waals surface area contributed by atoms with Crippen LogP contribution in [0.15, 0.2) is 28.9 Å². The first kappa shape index (κ1) is 21.0. The number of carbonyl (C=O) groups excluding carboxylic acids is 1. The molecule has 1 fully saturated rings.